The molecule has 5 heteroatoms. The lowest BCUT2D eigenvalue weighted by atomic mass is 9.94. The Kier molecular flexibility index (Phi) is 6.60. The van der Waals surface area contributed by atoms with Crippen molar-refractivity contribution >= 4 is 19.8 Å². The molecule has 0 bridgehead atoms. The van der Waals surface area contributed by atoms with E-state index in [1.165, 1.54) is 0 Å². The fourth-order valence-electron chi connectivity index (χ4n) is 1.40. The molecule has 0 aliphatic carbocycles. The maximum Gasteiger partial charge on any atom is 0.320 e. The third-order valence-electron chi connectivity index (χ3n) is 2.08. The highest BCUT2D eigenvalue weighted by Gasteiger charge is 2.34. The molecule has 0 atom stereocenters. The Balaban J connectivity index is 4.80. The maximum atomic E-state index is 12.0. The van der Waals surface area contributed by atoms with Crippen LogP contribution in [0.4, 0.5) is 0 Å². The van der Waals surface area contributed by atoms with E-state index in [1.54, 1.807) is 41.5 Å². The second-order valence-electron chi connectivity index (χ2n) is 6.55. The first-order chi connectivity index (χ1) is 8.46. The van der Waals surface area contributed by atoms with Crippen molar-refractivity contribution in [3.8, 4) is 0 Å². The molecule has 0 saturated carbocycles. The maximum absolute atomic E-state index is 12.0. The van der Waals surface area contributed by atoms with E-state index in [0.29, 0.717) is 19.2 Å². The van der Waals surface area contributed by atoms with Gasteiger partial charge in [-0.25, -0.2) is 0 Å². The van der Waals surface area contributed by atoms with Crippen LogP contribution < -0.4 is 0 Å². The zero-order valence-electron chi connectivity index (χ0n) is 12.9. The fraction of sp³-hybridized carbons (Fsp3) is 0.857. The summed E-state index contributed by atoms with van der Waals surface area (Å²) in [7, 11) is 5.43. The Bertz CT molecular complexity index is 284. The van der Waals surface area contributed by atoms with Crippen molar-refractivity contribution in [1.29, 1.82) is 0 Å². The number of carbonyl (C=O) groups excluding carboxylic acids is 2. The minimum absolute atomic E-state index is 0.348. The van der Waals surface area contributed by atoms with E-state index in [2.05, 4.69) is 0 Å². The van der Waals surface area contributed by atoms with Crippen molar-refractivity contribution in [2.45, 2.75) is 71.9 Å². The van der Waals surface area contributed by atoms with Crippen LogP contribution in [0.3, 0.4) is 0 Å². The van der Waals surface area contributed by atoms with Gasteiger partial charge in [-0.1, -0.05) is 12.7 Å². The van der Waals surface area contributed by atoms with Crippen molar-refractivity contribution in [2.75, 3.05) is 0 Å². The Morgan fingerprint density at radius 3 is 1.58 bits per heavy atom. The van der Waals surface area contributed by atoms with E-state index in [-0.39, 0.29) is 0 Å². The standard InChI is InChI=1S/C14H25BO4/c1-13(2,3)18-11(16)10(8-7-9-15)12(17)19-14(4,5)6/h10H,7-9H2,1-6H3. The first-order valence-corrected chi connectivity index (χ1v) is 6.62. The highest BCUT2D eigenvalue weighted by Crippen LogP contribution is 2.20. The molecule has 0 aromatic carbocycles. The molecule has 0 saturated heterocycles. The third-order valence-corrected chi connectivity index (χ3v) is 2.08. The second kappa shape index (κ2) is 6.97. The number of carbonyl (C=O) groups is 2. The normalized spacial score (nSPS) is 12.4. The summed E-state index contributed by atoms with van der Waals surface area (Å²) in [5.74, 6) is -1.99. The summed E-state index contributed by atoms with van der Waals surface area (Å²) in [4.78, 5) is 24.1. The van der Waals surface area contributed by atoms with Gasteiger partial charge >= 0.3 is 11.9 Å². The molecular formula is C14H25BO4. The number of ether oxygens (including phenoxy) is 2. The Morgan fingerprint density at radius 1 is 0.947 bits per heavy atom. The molecule has 0 rings (SSSR count). The monoisotopic (exact) mass is 268 g/mol. The average Bonchev–Trinajstić information content (AvgIpc) is 2.12. The predicted molar refractivity (Wildman–Crippen MR) is 75.0 cm³/mol. The van der Waals surface area contributed by atoms with Gasteiger partial charge in [0.25, 0.3) is 0 Å². The van der Waals surface area contributed by atoms with Gasteiger partial charge in [0.05, 0.1) is 7.85 Å². The lowest BCUT2D eigenvalue weighted by Crippen LogP contribution is -2.36. The molecule has 0 fully saturated rings. The van der Waals surface area contributed by atoms with Gasteiger partial charge in [0, 0.05) is 0 Å². The molecule has 19 heavy (non-hydrogen) atoms. The zero-order chi connectivity index (χ0) is 15.3. The zero-order valence-corrected chi connectivity index (χ0v) is 12.9. The van der Waals surface area contributed by atoms with Crippen LogP contribution in [0.5, 0.6) is 0 Å². The van der Waals surface area contributed by atoms with Crippen LogP contribution in [0.2, 0.25) is 6.32 Å². The minimum atomic E-state index is -0.901. The van der Waals surface area contributed by atoms with Crippen LogP contribution in [0.25, 0.3) is 0 Å². The molecule has 0 heterocycles. The van der Waals surface area contributed by atoms with Crippen LogP contribution in [0, 0.1) is 5.92 Å². The smallest absolute Gasteiger partial charge is 0.320 e. The van der Waals surface area contributed by atoms with Gasteiger partial charge in [0.2, 0.25) is 0 Å². The van der Waals surface area contributed by atoms with Gasteiger partial charge in [-0.3, -0.25) is 9.59 Å². The van der Waals surface area contributed by atoms with E-state index >= 15 is 0 Å². The molecule has 0 aromatic rings. The quantitative estimate of drug-likeness (QED) is 0.437. The van der Waals surface area contributed by atoms with E-state index in [4.69, 9.17) is 17.3 Å². The molecule has 0 aliphatic heterocycles. The highest BCUT2D eigenvalue weighted by atomic mass is 16.6. The van der Waals surface area contributed by atoms with Gasteiger partial charge in [-0.2, -0.15) is 0 Å². The summed E-state index contributed by atoms with van der Waals surface area (Å²) in [5, 5.41) is 0. The average molecular weight is 268 g/mol. The van der Waals surface area contributed by atoms with Gasteiger partial charge in [0.15, 0.2) is 5.92 Å². The van der Waals surface area contributed by atoms with Crippen LogP contribution in [0.1, 0.15) is 54.4 Å². The lowest BCUT2D eigenvalue weighted by molar-refractivity contribution is -0.174. The van der Waals surface area contributed by atoms with Crippen LogP contribution in [-0.2, 0) is 19.1 Å². The van der Waals surface area contributed by atoms with E-state index in [0.717, 1.165) is 0 Å². The number of hydrogen-bond acceptors (Lipinski definition) is 4. The third kappa shape index (κ3) is 8.68. The van der Waals surface area contributed by atoms with Gasteiger partial charge in [-0.05, 0) is 48.0 Å². The van der Waals surface area contributed by atoms with Crippen molar-refractivity contribution in [2.24, 2.45) is 5.92 Å². The molecule has 0 aromatic heterocycles. The second-order valence-corrected chi connectivity index (χ2v) is 6.55. The predicted octanol–water partition coefficient (Wildman–Crippen LogP) is 2.65. The van der Waals surface area contributed by atoms with E-state index < -0.39 is 29.1 Å². The first-order valence-electron chi connectivity index (χ1n) is 6.62. The molecule has 0 aliphatic rings. The topological polar surface area (TPSA) is 52.6 Å². The van der Waals surface area contributed by atoms with Gasteiger partial charge in [-0.15, -0.1) is 0 Å². The molecule has 0 spiro atoms. The van der Waals surface area contributed by atoms with Crippen LogP contribution in [-0.4, -0.2) is 31.0 Å². The molecule has 108 valence electrons. The molecule has 0 unspecified atom stereocenters. The van der Waals surface area contributed by atoms with Crippen LogP contribution >= 0.6 is 0 Å². The Hall–Kier alpha value is -0.995. The van der Waals surface area contributed by atoms with Gasteiger partial charge in [0.1, 0.15) is 11.2 Å². The number of esters is 2. The number of hydrogen-bond donors (Lipinski definition) is 0. The first kappa shape index (κ1) is 18.0. The molecule has 0 N–H and O–H groups in total. The summed E-state index contributed by atoms with van der Waals surface area (Å²) in [6.07, 6.45) is 1.34. The minimum Gasteiger partial charge on any atom is -0.459 e. The summed E-state index contributed by atoms with van der Waals surface area (Å²) < 4.78 is 10.5. The number of rotatable bonds is 5. The summed E-state index contributed by atoms with van der Waals surface area (Å²) in [6, 6.07) is 0. The summed E-state index contributed by atoms with van der Waals surface area (Å²) in [5.41, 5.74) is -1.25. The van der Waals surface area contributed by atoms with E-state index in [1.807, 2.05) is 0 Å². The summed E-state index contributed by atoms with van der Waals surface area (Å²) >= 11 is 0. The van der Waals surface area contributed by atoms with E-state index in [9.17, 15) is 9.59 Å². The molecular weight excluding hydrogens is 243 g/mol. The highest BCUT2D eigenvalue weighted by molar-refractivity contribution is 6.08. The summed E-state index contributed by atoms with van der Waals surface area (Å²) in [6.45, 7) is 10.6. The molecule has 4 nitrogen and oxygen atoms in total. The lowest BCUT2D eigenvalue weighted by Gasteiger charge is -2.26. The Morgan fingerprint density at radius 2 is 1.32 bits per heavy atom. The Labute approximate surface area is 117 Å². The fourth-order valence-corrected chi connectivity index (χ4v) is 1.40. The molecule has 0 amide bonds. The molecule has 2 radical (unpaired) electrons. The van der Waals surface area contributed by atoms with Crippen LogP contribution in [0.15, 0.2) is 0 Å². The largest absolute Gasteiger partial charge is 0.459 e. The van der Waals surface area contributed by atoms with Crippen molar-refractivity contribution < 1.29 is 19.1 Å². The van der Waals surface area contributed by atoms with Crippen molar-refractivity contribution in [3.05, 3.63) is 0 Å². The van der Waals surface area contributed by atoms with Crippen molar-refractivity contribution in [3.63, 3.8) is 0 Å². The van der Waals surface area contributed by atoms with Gasteiger partial charge < -0.3 is 9.47 Å². The SMILES string of the molecule is [B]CCCC(C(=O)OC(C)(C)C)C(=O)OC(C)(C)C. The van der Waals surface area contributed by atoms with Crippen molar-refractivity contribution in [1.82, 2.24) is 0 Å².